The minimum absolute atomic E-state index is 0.0397. The molecule has 3 N–H and O–H groups in total. The molecule has 0 aliphatic carbocycles. The second-order valence-electron chi connectivity index (χ2n) is 6.22. The highest BCUT2D eigenvalue weighted by molar-refractivity contribution is 6.09. The van der Waals surface area contributed by atoms with Gasteiger partial charge in [0.15, 0.2) is 0 Å². The zero-order valence-corrected chi connectivity index (χ0v) is 14.5. The van der Waals surface area contributed by atoms with Crippen molar-refractivity contribution < 1.29 is 27.6 Å². The Morgan fingerprint density at radius 3 is 2.39 bits per heavy atom. The summed E-state index contributed by atoms with van der Waals surface area (Å²) < 4.78 is 37.6. The summed E-state index contributed by atoms with van der Waals surface area (Å²) in [6.45, 7) is 0. The fourth-order valence-corrected chi connectivity index (χ4v) is 2.76. The number of fused-ring (bicyclic) bond motifs is 1. The lowest BCUT2D eigenvalue weighted by molar-refractivity contribution is -0.137. The first kappa shape index (κ1) is 19.4. The minimum Gasteiger partial charge on any atom is -0.340 e. The summed E-state index contributed by atoms with van der Waals surface area (Å²) in [4.78, 5) is 36.5. The molecule has 6 nitrogen and oxygen atoms in total. The van der Waals surface area contributed by atoms with Crippen molar-refractivity contribution in [1.82, 2.24) is 5.32 Å². The van der Waals surface area contributed by atoms with Gasteiger partial charge in [-0.3, -0.25) is 14.4 Å². The topological polar surface area (TPSA) is 87.3 Å². The number of carbonyl (C=O) groups excluding carboxylic acids is 3. The summed E-state index contributed by atoms with van der Waals surface area (Å²) in [7, 11) is 0. The molecule has 1 heterocycles. The van der Waals surface area contributed by atoms with Gasteiger partial charge in [-0.15, -0.1) is 0 Å². The van der Waals surface area contributed by atoms with E-state index in [0.717, 1.165) is 24.3 Å². The Kier molecular flexibility index (Phi) is 5.34. The molecule has 1 aliphatic heterocycles. The molecule has 0 saturated carbocycles. The number of anilines is 2. The van der Waals surface area contributed by atoms with E-state index in [1.165, 1.54) is 0 Å². The van der Waals surface area contributed by atoms with Gasteiger partial charge in [0.25, 0.3) is 5.91 Å². The van der Waals surface area contributed by atoms with Gasteiger partial charge in [-0.25, -0.2) is 0 Å². The molecule has 0 fully saturated rings. The van der Waals surface area contributed by atoms with Crippen molar-refractivity contribution in [2.24, 2.45) is 0 Å². The number of nitrogens with one attached hydrogen (secondary N) is 3. The average molecular weight is 391 g/mol. The van der Waals surface area contributed by atoms with Crippen LogP contribution in [0.15, 0.2) is 48.5 Å². The van der Waals surface area contributed by atoms with E-state index in [4.69, 9.17) is 0 Å². The first-order valence-electron chi connectivity index (χ1n) is 8.42. The zero-order valence-electron chi connectivity index (χ0n) is 14.5. The highest BCUT2D eigenvalue weighted by Crippen LogP contribution is 2.29. The maximum atomic E-state index is 12.5. The predicted octanol–water partition coefficient (Wildman–Crippen LogP) is 3.17. The molecule has 9 heteroatoms. The van der Waals surface area contributed by atoms with Gasteiger partial charge in [-0.1, -0.05) is 12.1 Å². The van der Waals surface area contributed by atoms with E-state index in [1.807, 2.05) is 0 Å². The second-order valence-corrected chi connectivity index (χ2v) is 6.22. The van der Waals surface area contributed by atoms with Gasteiger partial charge < -0.3 is 16.0 Å². The predicted molar refractivity (Wildman–Crippen MR) is 95.6 cm³/mol. The van der Waals surface area contributed by atoms with Crippen molar-refractivity contribution in [2.75, 3.05) is 10.6 Å². The molecule has 0 unspecified atom stereocenters. The number of benzene rings is 2. The molecular formula is C19H16F3N3O3. The summed E-state index contributed by atoms with van der Waals surface area (Å²) in [5.41, 5.74) is 0.108. The van der Waals surface area contributed by atoms with Crippen molar-refractivity contribution >= 4 is 29.1 Å². The van der Waals surface area contributed by atoms with Crippen LogP contribution in [-0.2, 0) is 15.8 Å². The molecular weight excluding hydrogens is 375 g/mol. The summed E-state index contributed by atoms with van der Waals surface area (Å²) in [6, 6.07) is 9.66. The van der Waals surface area contributed by atoms with Gasteiger partial charge in [-0.05, 0) is 42.8 Å². The van der Waals surface area contributed by atoms with Gasteiger partial charge >= 0.3 is 6.18 Å². The van der Waals surface area contributed by atoms with Crippen LogP contribution < -0.4 is 16.0 Å². The lowest BCUT2D eigenvalue weighted by Crippen LogP contribution is -2.41. The van der Waals surface area contributed by atoms with Crippen LogP contribution in [0.4, 0.5) is 24.5 Å². The Morgan fingerprint density at radius 1 is 1.04 bits per heavy atom. The Bertz CT molecular complexity index is 911. The van der Waals surface area contributed by atoms with E-state index < -0.39 is 35.5 Å². The van der Waals surface area contributed by atoms with Crippen LogP contribution in [0.3, 0.4) is 0 Å². The number of amides is 3. The van der Waals surface area contributed by atoms with Crippen molar-refractivity contribution in [1.29, 1.82) is 0 Å². The summed E-state index contributed by atoms with van der Waals surface area (Å²) in [6.07, 6.45) is -4.51. The number of hydrogen-bond acceptors (Lipinski definition) is 3. The molecule has 3 rings (SSSR count). The van der Waals surface area contributed by atoms with Gasteiger partial charge in [0, 0.05) is 12.1 Å². The van der Waals surface area contributed by atoms with E-state index in [2.05, 4.69) is 16.0 Å². The first-order valence-corrected chi connectivity index (χ1v) is 8.42. The minimum atomic E-state index is -4.45. The number of carbonyl (C=O) groups is 3. The molecule has 0 bridgehead atoms. The van der Waals surface area contributed by atoms with Crippen molar-refractivity contribution in [2.45, 2.75) is 25.1 Å². The van der Waals surface area contributed by atoms with Crippen LogP contribution in [0, 0.1) is 0 Å². The Balaban J connectivity index is 1.57. The summed E-state index contributed by atoms with van der Waals surface area (Å²) in [5.74, 6) is -1.36. The van der Waals surface area contributed by atoms with Crippen molar-refractivity contribution in [3.63, 3.8) is 0 Å². The highest BCUT2D eigenvalue weighted by atomic mass is 19.4. The third-order valence-corrected chi connectivity index (χ3v) is 4.21. The van der Waals surface area contributed by atoms with Gasteiger partial charge in [0.1, 0.15) is 6.04 Å². The molecule has 2 aromatic rings. The van der Waals surface area contributed by atoms with Gasteiger partial charge in [0.05, 0.1) is 16.8 Å². The molecule has 1 aliphatic rings. The van der Waals surface area contributed by atoms with Crippen LogP contribution in [0.2, 0.25) is 0 Å². The van der Waals surface area contributed by atoms with Crippen LogP contribution >= 0.6 is 0 Å². The fourth-order valence-electron chi connectivity index (χ4n) is 2.76. The Hall–Kier alpha value is -3.36. The molecule has 2 aromatic carbocycles. The van der Waals surface area contributed by atoms with Crippen molar-refractivity contribution in [3.8, 4) is 0 Å². The molecule has 0 saturated heterocycles. The van der Waals surface area contributed by atoms with E-state index >= 15 is 0 Å². The van der Waals surface area contributed by atoms with Crippen molar-refractivity contribution in [3.05, 3.63) is 59.7 Å². The lowest BCUT2D eigenvalue weighted by atomic mass is 10.1. The average Bonchev–Trinajstić information content (AvgIpc) is 2.76. The molecule has 1 atom stereocenters. The maximum Gasteiger partial charge on any atom is 0.416 e. The fraction of sp³-hybridized carbons (Fsp3) is 0.211. The van der Waals surface area contributed by atoms with E-state index in [0.29, 0.717) is 11.3 Å². The van der Waals surface area contributed by atoms with E-state index in [-0.39, 0.29) is 18.5 Å². The molecule has 0 radical (unpaired) electrons. The van der Waals surface area contributed by atoms with Crippen LogP contribution in [0.1, 0.15) is 28.8 Å². The molecule has 3 amide bonds. The number of para-hydroxylation sites is 1. The third kappa shape index (κ3) is 4.48. The largest absolute Gasteiger partial charge is 0.416 e. The third-order valence-electron chi connectivity index (χ3n) is 4.21. The Labute approximate surface area is 158 Å². The molecule has 0 aromatic heterocycles. The molecule has 146 valence electrons. The monoisotopic (exact) mass is 391 g/mol. The summed E-state index contributed by atoms with van der Waals surface area (Å²) >= 11 is 0. The SMILES string of the molecule is O=C(CC[C@@H]1NC(=O)c2ccccc2NC1=O)Nc1ccc(C(F)(F)F)cc1. The smallest absolute Gasteiger partial charge is 0.340 e. The number of rotatable bonds is 4. The van der Waals surface area contributed by atoms with Gasteiger partial charge in [-0.2, -0.15) is 13.2 Å². The molecule has 28 heavy (non-hydrogen) atoms. The lowest BCUT2D eigenvalue weighted by Gasteiger charge is -2.14. The van der Waals surface area contributed by atoms with Crippen LogP contribution in [0.5, 0.6) is 0 Å². The van der Waals surface area contributed by atoms with Crippen LogP contribution in [-0.4, -0.2) is 23.8 Å². The maximum absolute atomic E-state index is 12.5. The number of alkyl halides is 3. The summed E-state index contributed by atoms with van der Waals surface area (Å²) in [5, 5.41) is 7.68. The van der Waals surface area contributed by atoms with E-state index in [9.17, 15) is 27.6 Å². The first-order chi connectivity index (χ1) is 13.2. The second kappa shape index (κ2) is 7.71. The standard InChI is InChI=1S/C19H16F3N3O3/c20-19(21,22)11-5-7-12(8-6-11)23-16(26)10-9-15-18(28)24-14-4-2-1-3-13(14)17(27)25-15/h1-8,15H,9-10H2,(H,23,26)(H,24,28)(H,25,27)/t15-/m0/s1. The normalized spacial score (nSPS) is 16.5. The van der Waals surface area contributed by atoms with Gasteiger partial charge in [0.2, 0.25) is 11.8 Å². The zero-order chi connectivity index (χ0) is 20.3. The van der Waals surface area contributed by atoms with Crippen LogP contribution in [0.25, 0.3) is 0 Å². The van der Waals surface area contributed by atoms with E-state index in [1.54, 1.807) is 24.3 Å². The quantitative estimate of drug-likeness (QED) is 0.748. The molecule has 0 spiro atoms. The Morgan fingerprint density at radius 2 is 1.71 bits per heavy atom. The number of hydrogen-bond donors (Lipinski definition) is 3. The number of halogens is 3. The highest BCUT2D eigenvalue weighted by Gasteiger charge is 2.30.